The fourth-order valence-electron chi connectivity index (χ4n) is 7.69. The van der Waals surface area contributed by atoms with Crippen LogP contribution in [0.15, 0.2) is 66.7 Å². The lowest BCUT2D eigenvalue weighted by Gasteiger charge is -2.37. The first-order chi connectivity index (χ1) is 21.3. The van der Waals surface area contributed by atoms with Gasteiger partial charge in [0.2, 0.25) is 5.91 Å². The molecule has 6 rings (SSSR count). The molecule has 10 nitrogen and oxygen atoms in total. The van der Waals surface area contributed by atoms with Gasteiger partial charge in [0.05, 0.1) is 42.3 Å². The summed E-state index contributed by atoms with van der Waals surface area (Å²) < 4.78 is 7.78. The number of non-ortho nitro benzene ring substituents is 1. The summed E-state index contributed by atoms with van der Waals surface area (Å²) in [6.45, 7) is 5.79. The van der Waals surface area contributed by atoms with Crippen LogP contribution in [0.1, 0.15) is 35.6 Å². The van der Waals surface area contributed by atoms with E-state index in [0.29, 0.717) is 24.2 Å². The number of anilines is 1. The lowest BCUT2D eigenvalue weighted by molar-refractivity contribution is -0.385. The average molecular weight is 742 g/mol. The third kappa shape index (κ3) is 5.50. The predicted octanol–water partition coefficient (Wildman–Crippen LogP) is 4.88. The number of carbonyl (C=O) groups is 2. The highest BCUT2D eigenvalue weighted by atomic mass is 127. The molecule has 0 aromatic heterocycles. The average Bonchev–Trinajstić information content (AvgIpc) is 3.42. The van der Waals surface area contributed by atoms with Crippen LogP contribution >= 0.6 is 22.6 Å². The van der Waals surface area contributed by atoms with Gasteiger partial charge in [-0.25, -0.2) is 0 Å². The highest BCUT2D eigenvalue weighted by Crippen LogP contribution is 2.60. The summed E-state index contributed by atoms with van der Waals surface area (Å²) in [6.07, 6.45) is -0.387. The van der Waals surface area contributed by atoms with Crippen molar-refractivity contribution in [1.82, 2.24) is 4.90 Å². The first kappa shape index (κ1) is 31.8. The van der Waals surface area contributed by atoms with Gasteiger partial charge in [-0.05, 0) is 77.0 Å². The molecule has 236 valence electrons. The highest BCUT2D eigenvalue weighted by molar-refractivity contribution is 14.1. The topological polar surface area (TPSA) is 133 Å². The molecule has 1 saturated heterocycles. The summed E-state index contributed by atoms with van der Waals surface area (Å²) in [5.41, 5.74) is 1.60. The van der Waals surface area contributed by atoms with Crippen LogP contribution in [0.2, 0.25) is 18.6 Å². The van der Waals surface area contributed by atoms with Crippen molar-refractivity contribution >= 4 is 54.1 Å². The van der Waals surface area contributed by atoms with Crippen LogP contribution in [0.4, 0.5) is 11.4 Å². The molecule has 0 bridgehead atoms. The third-order valence-corrected chi connectivity index (χ3v) is 12.8. The number of amides is 2. The normalized spacial score (nSPS) is 25.9. The third-order valence-electron chi connectivity index (χ3n) is 9.67. The number of benzene rings is 3. The number of hydrogen-bond acceptors (Lipinski definition) is 7. The second-order valence-electron chi connectivity index (χ2n) is 12.9. The summed E-state index contributed by atoms with van der Waals surface area (Å²) in [5, 5.41) is 22.1. The molecule has 5 atom stereocenters. The Balaban J connectivity index is 1.39. The van der Waals surface area contributed by atoms with E-state index in [1.54, 1.807) is 29.0 Å². The summed E-state index contributed by atoms with van der Waals surface area (Å²) in [4.78, 5) is 55.0. The molecule has 0 unspecified atom stereocenters. The Labute approximate surface area is 276 Å². The van der Waals surface area contributed by atoms with Gasteiger partial charge in [-0.3, -0.25) is 19.7 Å². The van der Waals surface area contributed by atoms with Crippen molar-refractivity contribution < 1.29 is 29.2 Å². The Bertz CT molecular complexity index is 1680. The van der Waals surface area contributed by atoms with Crippen molar-refractivity contribution in [3.05, 3.63) is 103 Å². The lowest BCUT2D eigenvalue weighted by Crippen LogP contribution is -2.48. The van der Waals surface area contributed by atoms with E-state index in [4.69, 9.17) is 4.74 Å². The number of hydrogen-bond donors (Lipinski definition) is 2. The Kier molecular flexibility index (Phi) is 8.39. The molecule has 3 heterocycles. The second-order valence-corrected chi connectivity index (χ2v) is 18.1. The van der Waals surface area contributed by atoms with Crippen LogP contribution < -0.4 is 4.90 Å². The van der Waals surface area contributed by atoms with Gasteiger partial charge in [-0.1, -0.05) is 43.3 Å². The fourth-order valence-corrected chi connectivity index (χ4v) is 10.8. The number of halogens is 1. The Morgan fingerprint density at radius 3 is 2.53 bits per heavy atom. The zero-order valence-electron chi connectivity index (χ0n) is 25.4. The van der Waals surface area contributed by atoms with Gasteiger partial charge in [-0.2, -0.15) is 0 Å². The van der Waals surface area contributed by atoms with E-state index in [2.05, 4.69) is 22.6 Å². The summed E-state index contributed by atoms with van der Waals surface area (Å²) in [6, 6.07) is 19.6. The quantitative estimate of drug-likeness (QED) is 0.153. The maximum atomic E-state index is 14.6. The van der Waals surface area contributed by atoms with Crippen molar-refractivity contribution in [3.63, 3.8) is 0 Å². The van der Waals surface area contributed by atoms with Crippen LogP contribution in [-0.2, 0) is 39.4 Å². The summed E-state index contributed by atoms with van der Waals surface area (Å²) in [7, 11) is -3.08. The molecular formula is C33H36IN3O7Si. The summed E-state index contributed by atoms with van der Waals surface area (Å²) in [5.74, 6) is -1.17. The van der Waals surface area contributed by atoms with Crippen molar-refractivity contribution in [2.45, 2.75) is 69.2 Å². The van der Waals surface area contributed by atoms with E-state index in [0.717, 1.165) is 20.3 Å². The number of aliphatic hydroxyl groups excluding tert-OH is 1. The molecule has 3 aliphatic rings. The number of ether oxygens (including phenoxy) is 1. The smallest absolute Gasteiger partial charge is 0.269 e. The molecular weight excluding hydrogens is 705 g/mol. The van der Waals surface area contributed by atoms with Gasteiger partial charge in [0.15, 0.2) is 13.9 Å². The molecule has 45 heavy (non-hydrogen) atoms. The number of rotatable bonds is 7. The number of aliphatic hydroxyl groups is 1. The standard InChI is InChI=1S/C33H36IN3O7Si/c1-20-31(45(2,3)43)29(16-30(39)35-18-23-9-5-4-8-22(23)14-26(35)19-38)44-33(20)27-15-25(37(41)42)11-12-28(27)36(32(33)40)17-21-7-6-10-24(34)13-21/h4-13,15,20,26,29,31,38,43H,14,16-19H2,1-3H3/t20-,26-,29+,31-,33+/m0/s1. The van der Waals surface area contributed by atoms with Gasteiger partial charge in [0.1, 0.15) is 0 Å². The lowest BCUT2D eigenvalue weighted by atomic mass is 9.82. The number of nitro benzene ring substituents is 1. The van der Waals surface area contributed by atoms with Crippen LogP contribution in [0, 0.1) is 19.6 Å². The number of nitro groups is 1. The number of fused-ring (bicyclic) bond motifs is 3. The molecule has 1 fully saturated rings. The molecule has 2 N–H and O–H groups in total. The Hall–Kier alpha value is -3.17. The first-order valence-corrected chi connectivity index (χ1v) is 19.2. The minimum Gasteiger partial charge on any atom is -0.432 e. The minimum atomic E-state index is -3.08. The maximum Gasteiger partial charge on any atom is 0.269 e. The predicted molar refractivity (Wildman–Crippen MR) is 179 cm³/mol. The van der Waals surface area contributed by atoms with Crippen molar-refractivity contribution in [2.24, 2.45) is 5.92 Å². The van der Waals surface area contributed by atoms with Crippen LogP contribution in [-0.4, -0.2) is 58.6 Å². The zero-order chi connectivity index (χ0) is 32.3. The molecule has 0 radical (unpaired) electrons. The van der Waals surface area contributed by atoms with Crippen molar-refractivity contribution in [1.29, 1.82) is 0 Å². The SMILES string of the molecule is C[C@H]1[C@H]([Si](C)(C)O)[C@@H](CC(=O)N2Cc3ccccc3C[C@H]2CO)O[C@]12C(=O)N(Cc1cccc(I)c1)c1ccc([N+](=O)[O-])cc12. The van der Waals surface area contributed by atoms with E-state index in [1.165, 1.54) is 12.1 Å². The van der Waals surface area contributed by atoms with Crippen molar-refractivity contribution in [3.8, 4) is 0 Å². The van der Waals surface area contributed by atoms with E-state index < -0.39 is 42.4 Å². The first-order valence-electron chi connectivity index (χ1n) is 15.1. The van der Waals surface area contributed by atoms with Gasteiger partial charge >= 0.3 is 0 Å². The molecule has 3 aromatic carbocycles. The van der Waals surface area contributed by atoms with Crippen LogP contribution in [0.3, 0.4) is 0 Å². The van der Waals surface area contributed by atoms with Gasteiger partial charge in [-0.15, -0.1) is 0 Å². The van der Waals surface area contributed by atoms with E-state index in [-0.39, 0.29) is 37.1 Å². The molecule has 1 spiro atoms. The minimum absolute atomic E-state index is 0.0964. The summed E-state index contributed by atoms with van der Waals surface area (Å²) >= 11 is 2.21. The highest BCUT2D eigenvalue weighted by Gasteiger charge is 2.66. The molecule has 3 aromatic rings. The molecule has 0 aliphatic carbocycles. The zero-order valence-corrected chi connectivity index (χ0v) is 28.5. The number of nitrogens with zero attached hydrogens (tertiary/aromatic N) is 3. The van der Waals surface area contributed by atoms with E-state index >= 15 is 0 Å². The van der Waals surface area contributed by atoms with E-state index in [1.807, 2.05) is 55.5 Å². The largest absolute Gasteiger partial charge is 0.432 e. The van der Waals surface area contributed by atoms with Crippen molar-refractivity contribution in [2.75, 3.05) is 11.5 Å². The van der Waals surface area contributed by atoms with Gasteiger partial charge in [0.25, 0.3) is 11.6 Å². The monoisotopic (exact) mass is 741 g/mol. The Morgan fingerprint density at radius 2 is 1.87 bits per heavy atom. The van der Waals surface area contributed by atoms with Gasteiger partial charge < -0.3 is 24.4 Å². The van der Waals surface area contributed by atoms with Crippen LogP contribution in [0.5, 0.6) is 0 Å². The Morgan fingerprint density at radius 1 is 1.13 bits per heavy atom. The van der Waals surface area contributed by atoms with E-state index in [9.17, 15) is 29.6 Å². The molecule has 12 heteroatoms. The molecule has 0 saturated carbocycles. The molecule has 3 aliphatic heterocycles. The maximum absolute atomic E-state index is 14.6. The van der Waals surface area contributed by atoms with Gasteiger partial charge in [0, 0.05) is 39.3 Å². The molecule has 2 amide bonds. The second kappa shape index (κ2) is 11.9. The van der Waals surface area contributed by atoms with Crippen LogP contribution in [0.25, 0.3) is 0 Å². The number of carbonyl (C=O) groups excluding carboxylic acids is 2. The fraction of sp³-hybridized carbons (Fsp3) is 0.394.